The highest BCUT2D eigenvalue weighted by Crippen LogP contribution is 2.26. The van der Waals surface area contributed by atoms with E-state index >= 15 is 0 Å². The topological polar surface area (TPSA) is 46.6 Å². The third-order valence-corrected chi connectivity index (χ3v) is 4.62. The fourth-order valence-corrected chi connectivity index (χ4v) is 3.04. The Kier molecular flexibility index (Phi) is 6.14. The number of hydrogen-bond donors (Lipinski definition) is 1. The van der Waals surface area contributed by atoms with Crippen LogP contribution in [0.1, 0.15) is 11.1 Å². The molecule has 2 aromatic carbocycles. The van der Waals surface area contributed by atoms with Crippen molar-refractivity contribution in [3.63, 3.8) is 0 Å². The van der Waals surface area contributed by atoms with Gasteiger partial charge in [-0.25, -0.2) is 4.98 Å². The lowest BCUT2D eigenvalue weighted by molar-refractivity contribution is 0.305. The molecule has 0 amide bonds. The zero-order chi connectivity index (χ0) is 19.2. The van der Waals surface area contributed by atoms with Gasteiger partial charge >= 0.3 is 0 Å². The molecular formula is C22H27N3O2. The second-order valence-electron chi connectivity index (χ2n) is 6.61. The molecule has 5 nitrogen and oxygen atoms in total. The Morgan fingerprint density at radius 1 is 1.07 bits per heavy atom. The van der Waals surface area contributed by atoms with Gasteiger partial charge in [-0.2, -0.15) is 0 Å². The third-order valence-electron chi connectivity index (χ3n) is 4.62. The van der Waals surface area contributed by atoms with Crippen molar-refractivity contribution in [1.82, 2.24) is 10.3 Å². The van der Waals surface area contributed by atoms with Gasteiger partial charge in [-0.05, 0) is 49.9 Å². The van der Waals surface area contributed by atoms with Crippen LogP contribution in [0.3, 0.4) is 0 Å². The molecule has 142 valence electrons. The molecule has 3 rings (SSSR count). The third kappa shape index (κ3) is 4.49. The molecule has 27 heavy (non-hydrogen) atoms. The van der Waals surface area contributed by atoms with Gasteiger partial charge in [0.15, 0.2) is 0 Å². The average Bonchev–Trinajstić information content (AvgIpc) is 2.70. The summed E-state index contributed by atoms with van der Waals surface area (Å²) in [6.45, 7) is 4.32. The van der Waals surface area contributed by atoms with Gasteiger partial charge in [0.05, 0.1) is 12.6 Å². The van der Waals surface area contributed by atoms with Crippen molar-refractivity contribution in [2.45, 2.75) is 13.5 Å². The second kappa shape index (κ2) is 8.73. The van der Waals surface area contributed by atoms with Crippen LogP contribution in [0.15, 0.2) is 48.5 Å². The Bertz CT molecular complexity index is 894. The first-order valence-corrected chi connectivity index (χ1v) is 9.14. The number of para-hydroxylation sites is 1. The Labute approximate surface area is 160 Å². The summed E-state index contributed by atoms with van der Waals surface area (Å²) in [5.41, 5.74) is 3.29. The fraction of sp³-hybridized carbons (Fsp3) is 0.318. The molecule has 0 fully saturated rings. The van der Waals surface area contributed by atoms with Crippen molar-refractivity contribution in [2.24, 2.45) is 0 Å². The predicted octanol–water partition coefficient (Wildman–Crippen LogP) is 3.79. The molecule has 0 unspecified atom stereocenters. The van der Waals surface area contributed by atoms with Crippen molar-refractivity contribution < 1.29 is 9.47 Å². The maximum atomic E-state index is 6.03. The zero-order valence-corrected chi connectivity index (χ0v) is 16.5. The molecule has 0 aliphatic rings. The molecule has 0 atom stereocenters. The highest BCUT2D eigenvalue weighted by atomic mass is 16.5. The minimum atomic E-state index is 0.461. The van der Waals surface area contributed by atoms with Crippen LogP contribution in [0, 0.1) is 6.92 Å². The number of aromatic nitrogens is 1. The summed E-state index contributed by atoms with van der Waals surface area (Å²) >= 11 is 0. The molecule has 1 N–H and O–H groups in total. The molecule has 0 saturated heterocycles. The first kappa shape index (κ1) is 19.0. The Balaban J connectivity index is 1.90. The normalized spacial score (nSPS) is 10.8. The molecule has 1 aromatic heterocycles. The summed E-state index contributed by atoms with van der Waals surface area (Å²) in [6, 6.07) is 16.1. The number of hydrogen-bond acceptors (Lipinski definition) is 5. The van der Waals surface area contributed by atoms with Crippen LogP contribution < -0.4 is 19.7 Å². The first-order chi connectivity index (χ1) is 13.1. The van der Waals surface area contributed by atoms with E-state index in [1.165, 1.54) is 5.56 Å². The summed E-state index contributed by atoms with van der Waals surface area (Å²) < 4.78 is 11.2. The molecule has 3 aromatic rings. The predicted molar refractivity (Wildman–Crippen MR) is 111 cm³/mol. The number of nitrogens with one attached hydrogen (secondary N) is 1. The number of fused-ring (bicyclic) bond motifs is 1. The molecule has 5 heteroatoms. The van der Waals surface area contributed by atoms with Crippen LogP contribution in [0.5, 0.6) is 11.5 Å². The SMILES string of the molecule is CNCCN(C)c1nc2c(C)cccc2cc1COc1ccc(OC)cc1. The lowest BCUT2D eigenvalue weighted by atomic mass is 10.1. The van der Waals surface area contributed by atoms with Gasteiger partial charge in [0.25, 0.3) is 0 Å². The molecule has 0 bridgehead atoms. The Morgan fingerprint density at radius 2 is 1.81 bits per heavy atom. The van der Waals surface area contributed by atoms with Gasteiger partial charge in [-0.1, -0.05) is 18.2 Å². The first-order valence-electron chi connectivity index (χ1n) is 9.14. The van der Waals surface area contributed by atoms with E-state index < -0.39 is 0 Å². The molecular weight excluding hydrogens is 338 g/mol. The van der Waals surface area contributed by atoms with Crippen LogP contribution in [-0.2, 0) is 6.61 Å². The van der Waals surface area contributed by atoms with E-state index in [9.17, 15) is 0 Å². The molecule has 0 radical (unpaired) electrons. The van der Waals surface area contributed by atoms with Gasteiger partial charge in [-0.15, -0.1) is 0 Å². The standard InChI is InChI=1S/C22H27N3O2/c1-16-6-5-7-17-14-18(15-27-20-10-8-19(26-4)9-11-20)22(24-21(16)17)25(3)13-12-23-2/h5-11,14,23H,12-13,15H2,1-4H3. The number of benzene rings is 2. The molecule has 0 spiro atoms. The highest BCUT2D eigenvalue weighted by molar-refractivity contribution is 5.84. The molecule has 1 heterocycles. The van der Waals surface area contributed by atoms with E-state index in [4.69, 9.17) is 14.5 Å². The maximum Gasteiger partial charge on any atom is 0.135 e. The Morgan fingerprint density at radius 3 is 2.52 bits per heavy atom. The maximum absolute atomic E-state index is 6.03. The summed E-state index contributed by atoms with van der Waals surface area (Å²) in [5, 5.41) is 4.33. The largest absolute Gasteiger partial charge is 0.497 e. The minimum absolute atomic E-state index is 0.461. The van der Waals surface area contributed by atoms with E-state index in [1.807, 2.05) is 31.3 Å². The number of nitrogens with zero attached hydrogens (tertiary/aromatic N) is 2. The van der Waals surface area contributed by atoms with Gasteiger partial charge in [0.1, 0.15) is 23.9 Å². The highest BCUT2D eigenvalue weighted by Gasteiger charge is 2.13. The van der Waals surface area contributed by atoms with Crippen molar-refractivity contribution in [3.8, 4) is 11.5 Å². The number of ether oxygens (including phenoxy) is 2. The summed E-state index contributed by atoms with van der Waals surface area (Å²) in [7, 11) is 5.69. The number of methoxy groups -OCH3 is 1. The summed E-state index contributed by atoms with van der Waals surface area (Å²) in [4.78, 5) is 7.14. The van der Waals surface area contributed by atoms with E-state index in [1.54, 1.807) is 7.11 Å². The quantitative estimate of drug-likeness (QED) is 0.658. The van der Waals surface area contributed by atoms with Crippen LogP contribution in [0.25, 0.3) is 10.9 Å². The molecule has 0 aliphatic carbocycles. The molecule has 0 aliphatic heterocycles. The smallest absolute Gasteiger partial charge is 0.135 e. The van der Waals surface area contributed by atoms with Gasteiger partial charge in [-0.3, -0.25) is 0 Å². The summed E-state index contributed by atoms with van der Waals surface area (Å²) in [6.07, 6.45) is 0. The van der Waals surface area contributed by atoms with E-state index in [-0.39, 0.29) is 0 Å². The van der Waals surface area contributed by atoms with Gasteiger partial charge in [0.2, 0.25) is 0 Å². The van der Waals surface area contributed by atoms with Gasteiger partial charge in [0, 0.05) is 31.1 Å². The van der Waals surface area contributed by atoms with E-state index in [0.29, 0.717) is 6.61 Å². The number of anilines is 1. The van der Waals surface area contributed by atoms with Crippen LogP contribution in [0.2, 0.25) is 0 Å². The average molecular weight is 365 g/mol. The lowest BCUT2D eigenvalue weighted by Gasteiger charge is -2.22. The van der Waals surface area contributed by atoms with Crippen LogP contribution in [-0.4, -0.2) is 39.3 Å². The van der Waals surface area contributed by atoms with Crippen molar-refractivity contribution >= 4 is 16.7 Å². The summed E-state index contributed by atoms with van der Waals surface area (Å²) in [5.74, 6) is 2.59. The van der Waals surface area contributed by atoms with E-state index in [2.05, 4.69) is 48.5 Å². The monoisotopic (exact) mass is 365 g/mol. The van der Waals surface area contributed by atoms with Crippen LogP contribution >= 0.6 is 0 Å². The Hall–Kier alpha value is -2.79. The van der Waals surface area contributed by atoms with Crippen molar-refractivity contribution in [2.75, 3.05) is 39.2 Å². The van der Waals surface area contributed by atoms with Crippen molar-refractivity contribution in [3.05, 3.63) is 59.7 Å². The van der Waals surface area contributed by atoms with E-state index in [0.717, 1.165) is 46.9 Å². The fourth-order valence-electron chi connectivity index (χ4n) is 3.04. The van der Waals surface area contributed by atoms with Crippen molar-refractivity contribution in [1.29, 1.82) is 0 Å². The number of pyridine rings is 1. The second-order valence-corrected chi connectivity index (χ2v) is 6.61. The number of aryl methyl sites for hydroxylation is 1. The van der Waals surface area contributed by atoms with Gasteiger partial charge < -0.3 is 19.7 Å². The van der Waals surface area contributed by atoms with Crippen LogP contribution in [0.4, 0.5) is 5.82 Å². The number of likely N-dealkylation sites (N-methyl/N-ethyl adjacent to an activating group) is 2. The zero-order valence-electron chi connectivity index (χ0n) is 16.5. The lowest BCUT2D eigenvalue weighted by Crippen LogP contribution is -2.28. The molecule has 0 saturated carbocycles. The number of rotatable bonds is 8. The minimum Gasteiger partial charge on any atom is -0.497 e.